The largest absolute Gasteiger partial charge is 0.352 e. The minimum absolute atomic E-state index is 0.00489. The predicted octanol–water partition coefficient (Wildman–Crippen LogP) is 5.40. The second kappa shape index (κ2) is 12.8. The summed E-state index contributed by atoms with van der Waals surface area (Å²) in [6.45, 7) is 6.24. The van der Waals surface area contributed by atoms with E-state index < -0.39 is 6.04 Å². The van der Waals surface area contributed by atoms with Gasteiger partial charge in [-0.2, -0.15) is 11.8 Å². The number of hydrogen-bond acceptors (Lipinski definition) is 3. The molecule has 0 spiro atoms. The molecule has 0 aliphatic heterocycles. The van der Waals surface area contributed by atoms with Gasteiger partial charge in [0.2, 0.25) is 11.8 Å². The van der Waals surface area contributed by atoms with Crippen LogP contribution in [0, 0.1) is 0 Å². The zero-order valence-corrected chi connectivity index (χ0v) is 20.3. The first kappa shape index (κ1) is 24.5. The molecule has 30 heavy (non-hydrogen) atoms. The van der Waals surface area contributed by atoms with Crippen molar-refractivity contribution >= 4 is 39.5 Å². The van der Waals surface area contributed by atoms with Gasteiger partial charge in [0.15, 0.2) is 0 Å². The summed E-state index contributed by atoms with van der Waals surface area (Å²) >= 11 is 5.18. The van der Waals surface area contributed by atoms with E-state index in [2.05, 4.69) is 33.4 Å². The van der Waals surface area contributed by atoms with Crippen molar-refractivity contribution in [2.45, 2.75) is 58.0 Å². The molecule has 0 aliphatic rings. The minimum Gasteiger partial charge on any atom is -0.352 e. The Kier molecular flexibility index (Phi) is 10.4. The molecule has 0 heterocycles. The van der Waals surface area contributed by atoms with Crippen LogP contribution in [-0.4, -0.2) is 34.6 Å². The van der Waals surface area contributed by atoms with Crippen LogP contribution in [0.4, 0.5) is 0 Å². The summed E-state index contributed by atoms with van der Waals surface area (Å²) in [5, 5.41) is 3.00. The maximum atomic E-state index is 13.1. The maximum Gasteiger partial charge on any atom is 0.242 e. The standard InChI is InChI=1S/C24H31BrN2O2S/c1-4-18(2)26-24(29)19(3)27(16-20-10-12-22(25)13-11-20)23(28)14-15-30-17-21-8-6-5-7-9-21/h5-13,18-19H,4,14-17H2,1-3H3,(H,26,29)/t18-,19-/m1/s1. The van der Waals surface area contributed by atoms with Gasteiger partial charge >= 0.3 is 0 Å². The van der Waals surface area contributed by atoms with E-state index in [0.29, 0.717) is 13.0 Å². The number of thioether (sulfide) groups is 1. The number of nitrogens with zero attached hydrogens (tertiary/aromatic N) is 1. The van der Waals surface area contributed by atoms with Crippen molar-refractivity contribution < 1.29 is 9.59 Å². The zero-order chi connectivity index (χ0) is 21.9. The van der Waals surface area contributed by atoms with Crippen molar-refractivity contribution in [3.63, 3.8) is 0 Å². The molecule has 2 amide bonds. The van der Waals surface area contributed by atoms with Crippen LogP contribution >= 0.6 is 27.7 Å². The fourth-order valence-corrected chi connectivity index (χ4v) is 4.06. The Balaban J connectivity index is 2.00. The van der Waals surface area contributed by atoms with E-state index in [-0.39, 0.29) is 17.9 Å². The van der Waals surface area contributed by atoms with Gasteiger partial charge in [-0.25, -0.2) is 0 Å². The molecule has 0 bridgehead atoms. The molecule has 0 unspecified atom stereocenters. The third kappa shape index (κ3) is 8.15. The van der Waals surface area contributed by atoms with E-state index in [1.165, 1.54) is 5.56 Å². The van der Waals surface area contributed by atoms with E-state index >= 15 is 0 Å². The third-order valence-corrected chi connectivity index (χ3v) is 6.57. The van der Waals surface area contributed by atoms with Crippen molar-refractivity contribution in [1.82, 2.24) is 10.2 Å². The molecule has 2 aromatic carbocycles. The van der Waals surface area contributed by atoms with Crippen LogP contribution in [0.2, 0.25) is 0 Å². The molecular weight excluding hydrogens is 460 g/mol. The summed E-state index contributed by atoms with van der Waals surface area (Å²) in [5.41, 5.74) is 2.26. The first-order chi connectivity index (χ1) is 14.4. The molecule has 162 valence electrons. The molecule has 0 saturated heterocycles. The van der Waals surface area contributed by atoms with Crippen molar-refractivity contribution in [2.75, 3.05) is 5.75 Å². The van der Waals surface area contributed by atoms with Gasteiger partial charge in [-0.15, -0.1) is 0 Å². The molecule has 4 nitrogen and oxygen atoms in total. The number of amides is 2. The lowest BCUT2D eigenvalue weighted by atomic mass is 10.1. The Hall–Kier alpha value is -1.79. The van der Waals surface area contributed by atoms with Crippen LogP contribution in [0.3, 0.4) is 0 Å². The number of benzene rings is 2. The zero-order valence-electron chi connectivity index (χ0n) is 17.9. The summed E-state index contributed by atoms with van der Waals surface area (Å²) in [5.74, 6) is 1.51. The topological polar surface area (TPSA) is 49.4 Å². The lowest BCUT2D eigenvalue weighted by molar-refractivity contribution is -0.140. The van der Waals surface area contributed by atoms with Gasteiger partial charge in [0.05, 0.1) is 0 Å². The number of carbonyl (C=O) groups excluding carboxylic acids is 2. The summed E-state index contributed by atoms with van der Waals surface area (Å²) in [6.07, 6.45) is 1.27. The van der Waals surface area contributed by atoms with Crippen LogP contribution in [0.15, 0.2) is 59.1 Å². The van der Waals surface area contributed by atoms with E-state index in [1.807, 2.05) is 63.2 Å². The van der Waals surface area contributed by atoms with Gasteiger partial charge in [0.1, 0.15) is 6.04 Å². The van der Waals surface area contributed by atoms with Gasteiger partial charge in [-0.05, 0) is 43.5 Å². The van der Waals surface area contributed by atoms with E-state index in [0.717, 1.165) is 28.0 Å². The Morgan fingerprint density at radius 3 is 2.33 bits per heavy atom. The van der Waals surface area contributed by atoms with Crippen molar-refractivity contribution in [1.29, 1.82) is 0 Å². The first-order valence-electron chi connectivity index (χ1n) is 10.4. The lowest BCUT2D eigenvalue weighted by Crippen LogP contribution is -2.49. The highest BCUT2D eigenvalue weighted by Crippen LogP contribution is 2.17. The molecule has 0 radical (unpaired) electrons. The Morgan fingerprint density at radius 1 is 1.03 bits per heavy atom. The van der Waals surface area contributed by atoms with E-state index in [9.17, 15) is 9.59 Å². The molecule has 0 saturated carbocycles. The summed E-state index contributed by atoms with van der Waals surface area (Å²) in [7, 11) is 0. The Bertz CT molecular complexity index is 799. The molecule has 0 aliphatic carbocycles. The van der Waals surface area contributed by atoms with Crippen LogP contribution in [0.5, 0.6) is 0 Å². The molecule has 2 rings (SSSR count). The van der Waals surface area contributed by atoms with Crippen molar-refractivity contribution in [2.24, 2.45) is 0 Å². The van der Waals surface area contributed by atoms with Crippen LogP contribution in [-0.2, 0) is 21.9 Å². The number of halogens is 1. The van der Waals surface area contributed by atoms with Gasteiger partial charge in [0.25, 0.3) is 0 Å². The summed E-state index contributed by atoms with van der Waals surface area (Å²) in [6, 6.07) is 17.7. The Labute approximate surface area is 192 Å². The second-order valence-corrected chi connectivity index (χ2v) is 9.45. The average Bonchev–Trinajstić information content (AvgIpc) is 2.76. The van der Waals surface area contributed by atoms with Gasteiger partial charge in [0, 0.05) is 35.0 Å². The number of hydrogen-bond donors (Lipinski definition) is 1. The fraction of sp³-hybridized carbons (Fsp3) is 0.417. The van der Waals surface area contributed by atoms with E-state index in [1.54, 1.807) is 16.7 Å². The van der Waals surface area contributed by atoms with Crippen LogP contribution in [0.1, 0.15) is 44.7 Å². The van der Waals surface area contributed by atoms with Crippen LogP contribution in [0.25, 0.3) is 0 Å². The quantitative estimate of drug-likeness (QED) is 0.428. The number of rotatable bonds is 11. The normalized spacial score (nSPS) is 12.8. The molecule has 2 aromatic rings. The molecule has 0 fully saturated rings. The van der Waals surface area contributed by atoms with Crippen LogP contribution < -0.4 is 5.32 Å². The summed E-state index contributed by atoms with van der Waals surface area (Å²) < 4.78 is 0.990. The van der Waals surface area contributed by atoms with Gasteiger partial charge < -0.3 is 10.2 Å². The van der Waals surface area contributed by atoms with Crippen molar-refractivity contribution in [3.8, 4) is 0 Å². The Morgan fingerprint density at radius 2 is 1.70 bits per heavy atom. The smallest absolute Gasteiger partial charge is 0.242 e. The molecule has 1 N–H and O–H groups in total. The number of carbonyl (C=O) groups is 2. The second-order valence-electron chi connectivity index (χ2n) is 7.43. The first-order valence-corrected chi connectivity index (χ1v) is 12.3. The maximum absolute atomic E-state index is 13.1. The summed E-state index contributed by atoms with van der Waals surface area (Å²) in [4.78, 5) is 27.4. The minimum atomic E-state index is -0.519. The van der Waals surface area contributed by atoms with Gasteiger partial charge in [-0.1, -0.05) is 65.3 Å². The highest BCUT2D eigenvalue weighted by atomic mass is 79.9. The predicted molar refractivity (Wildman–Crippen MR) is 129 cm³/mol. The third-order valence-electron chi connectivity index (χ3n) is 5.01. The monoisotopic (exact) mass is 490 g/mol. The lowest BCUT2D eigenvalue weighted by Gasteiger charge is -2.29. The highest BCUT2D eigenvalue weighted by molar-refractivity contribution is 9.10. The highest BCUT2D eigenvalue weighted by Gasteiger charge is 2.26. The average molecular weight is 491 g/mol. The molecular formula is C24H31BrN2O2S. The van der Waals surface area contributed by atoms with Gasteiger partial charge in [-0.3, -0.25) is 9.59 Å². The fourth-order valence-electron chi connectivity index (χ4n) is 2.90. The molecule has 6 heteroatoms. The number of nitrogens with one attached hydrogen (secondary N) is 1. The van der Waals surface area contributed by atoms with Crippen molar-refractivity contribution in [3.05, 3.63) is 70.2 Å². The van der Waals surface area contributed by atoms with E-state index in [4.69, 9.17) is 0 Å². The SMILES string of the molecule is CC[C@@H](C)NC(=O)[C@@H](C)N(Cc1ccc(Br)cc1)C(=O)CCSCc1ccccc1. The molecule has 0 aromatic heterocycles. The molecule has 2 atom stereocenters.